The molecule has 0 unspecified atom stereocenters. The quantitative estimate of drug-likeness (QED) is 0.763. The standard InChI is InChI=1S/C7H7BrINO2S/c1-4-2-5(8)3-6(9)7(4)13(10,11)12/h2-3H,1H3,(H2,10,11,12). The van der Waals surface area contributed by atoms with Crippen molar-refractivity contribution in [3.05, 3.63) is 25.7 Å². The Morgan fingerprint density at radius 1 is 1.46 bits per heavy atom. The van der Waals surface area contributed by atoms with Gasteiger partial charge in [-0.05, 0) is 47.2 Å². The van der Waals surface area contributed by atoms with Crippen LogP contribution in [0.4, 0.5) is 0 Å². The Morgan fingerprint density at radius 2 is 2.00 bits per heavy atom. The summed E-state index contributed by atoms with van der Waals surface area (Å²) in [7, 11) is -3.61. The van der Waals surface area contributed by atoms with Gasteiger partial charge in [0.2, 0.25) is 10.0 Å². The Morgan fingerprint density at radius 3 is 2.38 bits per heavy atom. The van der Waals surface area contributed by atoms with Crippen molar-refractivity contribution < 1.29 is 8.42 Å². The van der Waals surface area contributed by atoms with E-state index in [4.69, 9.17) is 5.14 Å². The number of benzene rings is 1. The zero-order valence-electron chi connectivity index (χ0n) is 6.71. The van der Waals surface area contributed by atoms with E-state index < -0.39 is 10.0 Å². The van der Waals surface area contributed by atoms with Crippen LogP contribution in [-0.2, 0) is 10.0 Å². The van der Waals surface area contributed by atoms with E-state index in [1.165, 1.54) is 0 Å². The van der Waals surface area contributed by atoms with Crippen molar-refractivity contribution >= 4 is 48.5 Å². The van der Waals surface area contributed by atoms with E-state index in [0.29, 0.717) is 9.13 Å². The molecule has 0 radical (unpaired) electrons. The van der Waals surface area contributed by atoms with Crippen LogP contribution in [-0.4, -0.2) is 8.42 Å². The Labute approximate surface area is 99.0 Å². The first kappa shape index (κ1) is 11.4. The Hall–Kier alpha value is 0.340. The van der Waals surface area contributed by atoms with Crippen molar-refractivity contribution in [2.24, 2.45) is 5.14 Å². The predicted octanol–water partition coefficient (Wildman–Crippen LogP) is 2.01. The Kier molecular flexibility index (Phi) is 3.37. The monoisotopic (exact) mass is 375 g/mol. The molecule has 0 atom stereocenters. The van der Waals surface area contributed by atoms with Crippen LogP contribution in [0.2, 0.25) is 0 Å². The van der Waals surface area contributed by atoms with Crippen LogP contribution in [0.15, 0.2) is 21.5 Å². The van der Waals surface area contributed by atoms with Crippen molar-refractivity contribution in [2.75, 3.05) is 0 Å². The summed E-state index contributed by atoms with van der Waals surface area (Å²) < 4.78 is 23.8. The summed E-state index contributed by atoms with van der Waals surface area (Å²) in [5, 5.41) is 5.06. The lowest BCUT2D eigenvalue weighted by molar-refractivity contribution is 0.596. The minimum atomic E-state index is -3.61. The molecule has 0 bridgehead atoms. The van der Waals surface area contributed by atoms with Gasteiger partial charge in [-0.2, -0.15) is 0 Å². The number of hydrogen-bond donors (Lipinski definition) is 1. The van der Waals surface area contributed by atoms with Gasteiger partial charge in [-0.1, -0.05) is 15.9 Å². The predicted molar refractivity (Wildman–Crippen MR) is 63.0 cm³/mol. The number of halogens is 2. The maximum absolute atomic E-state index is 11.1. The van der Waals surface area contributed by atoms with Gasteiger partial charge in [-0.3, -0.25) is 0 Å². The summed E-state index contributed by atoms with van der Waals surface area (Å²) >= 11 is 5.22. The minimum Gasteiger partial charge on any atom is -0.225 e. The summed E-state index contributed by atoms with van der Waals surface area (Å²) in [5.41, 5.74) is 0.654. The van der Waals surface area contributed by atoms with Crippen LogP contribution >= 0.6 is 38.5 Å². The van der Waals surface area contributed by atoms with Crippen molar-refractivity contribution in [3.63, 3.8) is 0 Å². The summed E-state index contributed by atoms with van der Waals surface area (Å²) in [5.74, 6) is 0. The molecule has 0 fully saturated rings. The van der Waals surface area contributed by atoms with Gasteiger partial charge in [0.15, 0.2) is 0 Å². The van der Waals surface area contributed by atoms with Gasteiger partial charge in [0, 0.05) is 8.04 Å². The average Bonchev–Trinajstić information content (AvgIpc) is 1.78. The SMILES string of the molecule is Cc1cc(Br)cc(I)c1S(N)(=O)=O. The van der Waals surface area contributed by atoms with E-state index in [1.807, 2.05) is 22.6 Å². The summed E-state index contributed by atoms with van der Waals surface area (Å²) in [6.07, 6.45) is 0. The Balaban J connectivity index is 3.57. The fourth-order valence-corrected chi connectivity index (χ4v) is 4.57. The summed E-state index contributed by atoms with van der Waals surface area (Å²) in [6, 6.07) is 3.44. The molecule has 2 N–H and O–H groups in total. The van der Waals surface area contributed by atoms with Crippen LogP contribution < -0.4 is 5.14 Å². The average molecular weight is 376 g/mol. The number of sulfonamides is 1. The molecule has 72 valence electrons. The van der Waals surface area contributed by atoms with Gasteiger partial charge in [0.25, 0.3) is 0 Å². The molecule has 0 aromatic heterocycles. The van der Waals surface area contributed by atoms with Gasteiger partial charge in [0.1, 0.15) is 0 Å². The molecule has 1 aromatic carbocycles. The van der Waals surface area contributed by atoms with Crippen LogP contribution in [0.5, 0.6) is 0 Å². The third kappa shape index (κ3) is 2.64. The van der Waals surface area contributed by atoms with E-state index in [0.717, 1.165) is 4.47 Å². The fourth-order valence-electron chi connectivity index (χ4n) is 1.05. The molecule has 13 heavy (non-hydrogen) atoms. The third-order valence-corrected chi connectivity index (χ3v) is 4.26. The highest BCUT2D eigenvalue weighted by Crippen LogP contribution is 2.25. The van der Waals surface area contributed by atoms with E-state index in [-0.39, 0.29) is 4.90 Å². The Bertz CT molecular complexity index is 421. The molecular formula is C7H7BrINO2S. The third-order valence-electron chi connectivity index (χ3n) is 1.48. The normalized spacial score (nSPS) is 11.7. The second kappa shape index (κ2) is 3.84. The number of nitrogens with two attached hydrogens (primary N) is 1. The highest BCUT2D eigenvalue weighted by Gasteiger charge is 2.15. The molecule has 3 nitrogen and oxygen atoms in total. The van der Waals surface area contributed by atoms with Crippen molar-refractivity contribution in [2.45, 2.75) is 11.8 Å². The first-order chi connectivity index (χ1) is 5.82. The minimum absolute atomic E-state index is 0.205. The lowest BCUT2D eigenvalue weighted by Gasteiger charge is -2.06. The summed E-state index contributed by atoms with van der Waals surface area (Å²) in [4.78, 5) is 0.205. The first-order valence-electron chi connectivity index (χ1n) is 3.31. The van der Waals surface area contributed by atoms with Crippen LogP contribution in [0.1, 0.15) is 5.56 Å². The van der Waals surface area contributed by atoms with Crippen LogP contribution in [0.3, 0.4) is 0 Å². The fraction of sp³-hybridized carbons (Fsp3) is 0.143. The molecule has 0 spiro atoms. The summed E-state index contributed by atoms with van der Waals surface area (Å²) in [6.45, 7) is 1.71. The number of primary sulfonamides is 1. The maximum Gasteiger partial charge on any atom is 0.239 e. The molecule has 0 aliphatic rings. The molecule has 1 aromatic rings. The molecule has 6 heteroatoms. The van der Waals surface area contributed by atoms with E-state index in [9.17, 15) is 8.42 Å². The van der Waals surface area contributed by atoms with Gasteiger partial charge in [-0.15, -0.1) is 0 Å². The molecule has 0 saturated carbocycles. The topological polar surface area (TPSA) is 60.2 Å². The highest BCUT2D eigenvalue weighted by atomic mass is 127. The maximum atomic E-state index is 11.1. The molecule has 0 amide bonds. The lowest BCUT2D eigenvalue weighted by atomic mass is 10.2. The zero-order chi connectivity index (χ0) is 10.2. The van der Waals surface area contributed by atoms with Crippen LogP contribution in [0.25, 0.3) is 0 Å². The van der Waals surface area contributed by atoms with E-state index >= 15 is 0 Å². The highest BCUT2D eigenvalue weighted by molar-refractivity contribution is 14.1. The van der Waals surface area contributed by atoms with Gasteiger partial charge in [0.05, 0.1) is 4.90 Å². The molecule has 1 rings (SSSR count). The molecule has 0 aliphatic carbocycles. The molecule has 0 heterocycles. The van der Waals surface area contributed by atoms with E-state index in [1.54, 1.807) is 19.1 Å². The van der Waals surface area contributed by atoms with Gasteiger partial charge >= 0.3 is 0 Å². The van der Waals surface area contributed by atoms with Crippen LogP contribution in [0, 0.1) is 10.5 Å². The smallest absolute Gasteiger partial charge is 0.225 e. The molecule has 0 aliphatic heterocycles. The largest absolute Gasteiger partial charge is 0.239 e. The number of aryl methyl sites for hydroxylation is 1. The van der Waals surface area contributed by atoms with Gasteiger partial charge in [-0.25, -0.2) is 13.6 Å². The second-order valence-electron chi connectivity index (χ2n) is 2.58. The van der Waals surface area contributed by atoms with Crippen molar-refractivity contribution in [3.8, 4) is 0 Å². The zero-order valence-corrected chi connectivity index (χ0v) is 11.3. The van der Waals surface area contributed by atoms with Crippen molar-refractivity contribution in [1.29, 1.82) is 0 Å². The van der Waals surface area contributed by atoms with Crippen molar-refractivity contribution in [1.82, 2.24) is 0 Å². The molecular weight excluding hydrogens is 369 g/mol. The molecule has 0 saturated heterocycles. The lowest BCUT2D eigenvalue weighted by Crippen LogP contribution is -2.15. The first-order valence-corrected chi connectivity index (χ1v) is 6.72. The van der Waals surface area contributed by atoms with E-state index in [2.05, 4.69) is 15.9 Å². The van der Waals surface area contributed by atoms with Gasteiger partial charge < -0.3 is 0 Å². The number of hydrogen-bond acceptors (Lipinski definition) is 2. The second-order valence-corrected chi connectivity index (χ2v) is 6.15. The number of rotatable bonds is 1.